The number of ketones is 1. The maximum absolute atomic E-state index is 12.3. The van der Waals surface area contributed by atoms with Gasteiger partial charge in [-0.25, -0.2) is 0 Å². The SMILES string of the molecule is CCCCC(N)C(=O)c1ccc(C(F)(F)F)cc1. The van der Waals surface area contributed by atoms with E-state index >= 15 is 0 Å². The van der Waals surface area contributed by atoms with Gasteiger partial charge in [0.1, 0.15) is 0 Å². The molecule has 0 bridgehead atoms. The zero-order valence-corrected chi connectivity index (χ0v) is 10.1. The van der Waals surface area contributed by atoms with Crippen molar-refractivity contribution < 1.29 is 18.0 Å². The van der Waals surface area contributed by atoms with Crippen LogP contribution in [-0.2, 0) is 6.18 Å². The minimum absolute atomic E-state index is 0.228. The number of rotatable bonds is 5. The first-order valence-electron chi connectivity index (χ1n) is 5.83. The second-order valence-electron chi connectivity index (χ2n) is 4.19. The quantitative estimate of drug-likeness (QED) is 0.823. The van der Waals surface area contributed by atoms with E-state index in [0.29, 0.717) is 6.42 Å². The predicted molar refractivity (Wildman–Crippen MR) is 63.3 cm³/mol. The molecule has 0 saturated carbocycles. The van der Waals surface area contributed by atoms with Gasteiger partial charge in [-0.1, -0.05) is 31.9 Å². The van der Waals surface area contributed by atoms with Crippen molar-refractivity contribution in [3.8, 4) is 0 Å². The number of carbonyl (C=O) groups excluding carboxylic acids is 1. The molecule has 0 aliphatic carbocycles. The molecule has 0 aromatic heterocycles. The molecular weight excluding hydrogens is 243 g/mol. The molecule has 2 N–H and O–H groups in total. The third-order valence-corrected chi connectivity index (χ3v) is 2.70. The zero-order chi connectivity index (χ0) is 13.8. The summed E-state index contributed by atoms with van der Waals surface area (Å²) >= 11 is 0. The molecule has 2 nitrogen and oxygen atoms in total. The largest absolute Gasteiger partial charge is 0.416 e. The Hall–Kier alpha value is -1.36. The fourth-order valence-electron chi connectivity index (χ4n) is 1.59. The lowest BCUT2D eigenvalue weighted by atomic mass is 9.99. The number of nitrogens with two attached hydrogens (primary N) is 1. The Labute approximate surface area is 104 Å². The first-order valence-corrected chi connectivity index (χ1v) is 5.83. The molecule has 0 radical (unpaired) electrons. The average Bonchev–Trinajstić information content (AvgIpc) is 2.34. The third kappa shape index (κ3) is 3.84. The lowest BCUT2D eigenvalue weighted by Gasteiger charge is -2.11. The molecule has 0 aliphatic heterocycles. The summed E-state index contributed by atoms with van der Waals surface area (Å²) in [5, 5.41) is 0. The highest BCUT2D eigenvalue weighted by Crippen LogP contribution is 2.29. The van der Waals surface area contributed by atoms with Crippen molar-refractivity contribution in [3.63, 3.8) is 0 Å². The summed E-state index contributed by atoms with van der Waals surface area (Å²) in [7, 11) is 0. The summed E-state index contributed by atoms with van der Waals surface area (Å²) in [6.07, 6.45) is -2.08. The van der Waals surface area contributed by atoms with Gasteiger partial charge in [-0.05, 0) is 18.6 Å². The van der Waals surface area contributed by atoms with E-state index in [0.717, 1.165) is 25.0 Å². The second-order valence-corrected chi connectivity index (χ2v) is 4.19. The summed E-state index contributed by atoms with van der Waals surface area (Å²) in [4.78, 5) is 11.8. The summed E-state index contributed by atoms with van der Waals surface area (Å²) in [5.74, 6) is -0.308. The molecule has 0 saturated heterocycles. The molecule has 5 heteroatoms. The predicted octanol–water partition coefficient (Wildman–Crippen LogP) is 3.41. The van der Waals surface area contributed by atoms with Crippen LogP contribution in [0.25, 0.3) is 0 Å². The van der Waals surface area contributed by atoms with Gasteiger partial charge in [-0.2, -0.15) is 13.2 Å². The molecular formula is C13H16F3NO. The second kappa shape index (κ2) is 6.00. The van der Waals surface area contributed by atoms with Gasteiger partial charge in [-0.3, -0.25) is 4.79 Å². The van der Waals surface area contributed by atoms with E-state index in [1.807, 2.05) is 6.92 Å². The standard InChI is InChI=1S/C13H16F3NO/c1-2-3-4-11(17)12(18)9-5-7-10(8-6-9)13(14,15)16/h5-8,11H,2-4,17H2,1H3. The van der Waals surface area contributed by atoms with Crippen molar-refractivity contribution >= 4 is 5.78 Å². The van der Waals surface area contributed by atoms with E-state index < -0.39 is 17.8 Å². The summed E-state index contributed by atoms with van der Waals surface area (Å²) in [6.45, 7) is 1.98. The van der Waals surface area contributed by atoms with Crippen LogP contribution in [0.3, 0.4) is 0 Å². The van der Waals surface area contributed by atoms with Crippen molar-refractivity contribution in [2.24, 2.45) is 5.73 Å². The highest BCUT2D eigenvalue weighted by molar-refractivity contribution is 5.99. The Morgan fingerprint density at radius 3 is 2.28 bits per heavy atom. The van der Waals surface area contributed by atoms with Crippen LogP contribution in [-0.4, -0.2) is 11.8 Å². The monoisotopic (exact) mass is 259 g/mol. The number of Topliss-reactive ketones (excluding diaryl/α,β-unsaturated/α-hetero) is 1. The van der Waals surface area contributed by atoms with Gasteiger partial charge in [0.15, 0.2) is 5.78 Å². The van der Waals surface area contributed by atoms with Crippen LogP contribution in [0.2, 0.25) is 0 Å². The molecule has 100 valence electrons. The van der Waals surface area contributed by atoms with Gasteiger partial charge in [0, 0.05) is 5.56 Å². The molecule has 0 aliphatic rings. The van der Waals surface area contributed by atoms with Crippen molar-refractivity contribution in [2.45, 2.75) is 38.4 Å². The van der Waals surface area contributed by atoms with Crippen LogP contribution in [0.1, 0.15) is 42.1 Å². The molecule has 1 atom stereocenters. The van der Waals surface area contributed by atoms with Gasteiger partial charge in [0.05, 0.1) is 11.6 Å². The van der Waals surface area contributed by atoms with Crippen LogP contribution >= 0.6 is 0 Å². The van der Waals surface area contributed by atoms with Crippen molar-refractivity contribution in [1.82, 2.24) is 0 Å². The smallest absolute Gasteiger partial charge is 0.321 e. The van der Waals surface area contributed by atoms with Crippen LogP contribution in [0.4, 0.5) is 13.2 Å². The fraction of sp³-hybridized carbons (Fsp3) is 0.462. The summed E-state index contributed by atoms with van der Waals surface area (Å²) in [5.41, 5.74) is 5.15. The molecule has 18 heavy (non-hydrogen) atoms. The van der Waals surface area contributed by atoms with Crippen LogP contribution in [0, 0.1) is 0 Å². The van der Waals surface area contributed by atoms with Crippen LogP contribution < -0.4 is 5.73 Å². The van der Waals surface area contributed by atoms with Gasteiger partial charge in [0.25, 0.3) is 0 Å². The van der Waals surface area contributed by atoms with E-state index in [-0.39, 0.29) is 11.3 Å². The van der Waals surface area contributed by atoms with Gasteiger partial charge in [-0.15, -0.1) is 0 Å². The molecule has 1 unspecified atom stereocenters. The highest BCUT2D eigenvalue weighted by atomic mass is 19.4. The summed E-state index contributed by atoms with van der Waals surface area (Å²) < 4.78 is 37.0. The third-order valence-electron chi connectivity index (χ3n) is 2.70. The molecule has 1 rings (SSSR count). The first kappa shape index (κ1) is 14.7. The minimum Gasteiger partial charge on any atom is -0.321 e. The molecule has 0 heterocycles. The molecule has 1 aromatic rings. The first-order chi connectivity index (χ1) is 8.36. The Kier molecular flexibility index (Phi) is 4.90. The minimum atomic E-state index is -4.38. The molecule has 0 amide bonds. The van der Waals surface area contributed by atoms with Gasteiger partial charge >= 0.3 is 6.18 Å². The Morgan fingerprint density at radius 2 is 1.83 bits per heavy atom. The molecule has 0 fully saturated rings. The fourth-order valence-corrected chi connectivity index (χ4v) is 1.59. The van der Waals surface area contributed by atoms with E-state index in [1.54, 1.807) is 0 Å². The molecule has 0 spiro atoms. The number of halogens is 3. The average molecular weight is 259 g/mol. The number of benzene rings is 1. The van der Waals surface area contributed by atoms with Gasteiger partial charge < -0.3 is 5.73 Å². The number of unbranched alkanes of at least 4 members (excludes halogenated alkanes) is 1. The maximum Gasteiger partial charge on any atom is 0.416 e. The topological polar surface area (TPSA) is 43.1 Å². The van der Waals surface area contributed by atoms with E-state index in [4.69, 9.17) is 5.73 Å². The highest BCUT2D eigenvalue weighted by Gasteiger charge is 2.30. The number of carbonyl (C=O) groups is 1. The van der Waals surface area contributed by atoms with Crippen molar-refractivity contribution in [2.75, 3.05) is 0 Å². The number of hydrogen-bond acceptors (Lipinski definition) is 2. The lowest BCUT2D eigenvalue weighted by molar-refractivity contribution is -0.137. The molecule has 1 aromatic carbocycles. The Morgan fingerprint density at radius 1 is 1.28 bits per heavy atom. The normalized spacial score (nSPS) is 13.4. The number of alkyl halides is 3. The van der Waals surface area contributed by atoms with Gasteiger partial charge in [0.2, 0.25) is 0 Å². The lowest BCUT2D eigenvalue weighted by Crippen LogP contribution is -2.30. The summed E-state index contributed by atoms with van der Waals surface area (Å²) in [6, 6.07) is 3.52. The van der Waals surface area contributed by atoms with Crippen LogP contribution in [0.15, 0.2) is 24.3 Å². The Bertz CT molecular complexity index is 398. The van der Waals surface area contributed by atoms with E-state index in [9.17, 15) is 18.0 Å². The Balaban J connectivity index is 2.76. The van der Waals surface area contributed by atoms with Crippen molar-refractivity contribution in [1.29, 1.82) is 0 Å². The number of hydrogen-bond donors (Lipinski definition) is 1. The van der Waals surface area contributed by atoms with E-state index in [1.165, 1.54) is 12.1 Å². The van der Waals surface area contributed by atoms with Crippen LogP contribution in [0.5, 0.6) is 0 Å². The van der Waals surface area contributed by atoms with E-state index in [2.05, 4.69) is 0 Å². The van der Waals surface area contributed by atoms with Crippen molar-refractivity contribution in [3.05, 3.63) is 35.4 Å². The maximum atomic E-state index is 12.3. The zero-order valence-electron chi connectivity index (χ0n) is 10.1.